The van der Waals surface area contributed by atoms with Gasteiger partial charge in [0.05, 0.1) is 0 Å². The largest absolute Gasteiger partial charge is 0.327 e. The first-order valence-corrected chi connectivity index (χ1v) is 4.70. The number of hydrogen-bond donors (Lipinski definition) is 2. The average Bonchev–Trinajstić information content (AvgIpc) is 2.07. The van der Waals surface area contributed by atoms with Gasteiger partial charge in [0.2, 0.25) is 5.91 Å². The molecule has 0 heterocycles. The van der Waals surface area contributed by atoms with Crippen LogP contribution in [0.3, 0.4) is 0 Å². The van der Waals surface area contributed by atoms with Crippen LogP contribution in [0, 0.1) is 6.92 Å². The van der Waals surface area contributed by atoms with Crippen molar-refractivity contribution in [2.24, 2.45) is 5.73 Å². The van der Waals surface area contributed by atoms with Gasteiger partial charge in [-0.05, 0) is 26.0 Å². The van der Waals surface area contributed by atoms with Crippen LogP contribution in [-0.4, -0.2) is 11.9 Å². The van der Waals surface area contributed by atoms with E-state index in [1.54, 1.807) is 0 Å². The lowest BCUT2D eigenvalue weighted by Gasteiger charge is -2.07. The quantitative estimate of drug-likeness (QED) is 0.765. The molecular weight excluding hydrogens is 176 g/mol. The number of rotatable bonds is 3. The summed E-state index contributed by atoms with van der Waals surface area (Å²) in [5, 5.41) is 2.78. The van der Waals surface area contributed by atoms with Gasteiger partial charge in [0.15, 0.2) is 0 Å². The highest BCUT2D eigenvalue weighted by Gasteiger charge is 2.04. The number of aryl methyl sites for hydroxylation is 1. The fourth-order valence-electron chi connectivity index (χ4n) is 1.14. The Morgan fingerprint density at radius 1 is 1.43 bits per heavy atom. The predicted octanol–water partition coefficient (Wildman–Crippen LogP) is 1.67. The Balaban J connectivity index is 2.52. The third kappa shape index (κ3) is 3.58. The van der Waals surface area contributed by atoms with Crippen LogP contribution < -0.4 is 11.1 Å². The number of carbonyl (C=O) groups is 1. The van der Waals surface area contributed by atoms with Crippen molar-refractivity contribution < 1.29 is 4.79 Å². The van der Waals surface area contributed by atoms with Crippen LogP contribution in [0.25, 0.3) is 0 Å². The first kappa shape index (κ1) is 10.7. The predicted molar refractivity (Wildman–Crippen MR) is 58.1 cm³/mol. The molecule has 0 saturated carbocycles. The van der Waals surface area contributed by atoms with Crippen LogP contribution in [0.15, 0.2) is 24.3 Å². The van der Waals surface area contributed by atoms with Crippen LogP contribution in [-0.2, 0) is 4.79 Å². The van der Waals surface area contributed by atoms with Gasteiger partial charge in [-0.1, -0.05) is 17.7 Å². The van der Waals surface area contributed by atoms with E-state index in [2.05, 4.69) is 5.32 Å². The molecule has 0 radical (unpaired) electrons. The van der Waals surface area contributed by atoms with Crippen LogP contribution in [0.4, 0.5) is 5.69 Å². The monoisotopic (exact) mass is 192 g/mol. The molecule has 1 atom stereocenters. The van der Waals surface area contributed by atoms with E-state index in [0.29, 0.717) is 6.42 Å². The van der Waals surface area contributed by atoms with E-state index in [0.717, 1.165) is 5.69 Å². The minimum absolute atomic E-state index is 0.0381. The average molecular weight is 192 g/mol. The molecule has 0 aliphatic rings. The lowest BCUT2D eigenvalue weighted by Crippen LogP contribution is -2.23. The van der Waals surface area contributed by atoms with Gasteiger partial charge in [-0.15, -0.1) is 0 Å². The topological polar surface area (TPSA) is 55.1 Å². The van der Waals surface area contributed by atoms with Crippen molar-refractivity contribution >= 4 is 11.6 Å². The summed E-state index contributed by atoms with van der Waals surface area (Å²) in [6.45, 7) is 3.82. The van der Waals surface area contributed by atoms with Crippen molar-refractivity contribution in [1.29, 1.82) is 0 Å². The van der Waals surface area contributed by atoms with Crippen LogP contribution in [0.5, 0.6) is 0 Å². The van der Waals surface area contributed by atoms with E-state index in [1.165, 1.54) is 5.56 Å². The molecule has 1 aromatic rings. The van der Waals surface area contributed by atoms with E-state index in [1.807, 2.05) is 38.1 Å². The summed E-state index contributed by atoms with van der Waals surface area (Å²) in [5.74, 6) is -0.0381. The Morgan fingerprint density at radius 2 is 2.00 bits per heavy atom. The molecule has 1 rings (SSSR count). The van der Waals surface area contributed by atoms with Crippen molar-refractivity contribution in [3.63, 3.8) is 0 Å². The number of nitrogens with two attached hydrogens (primary N) is 1. The summed E-state index contributed by atoms with van der Waals surface area (Å²) < 4.78 is 0. The van der Waals surface area contributed by atoms with Gasteiger partial charge in [0.1, 0.15) is 0 Å². The Labute approximate surface area is 84.3 Å². The zero-order chi connectivity index (χ0) is 10.6. The molecule has 3 N–H and O–H groups in total. The highest BCUT2D eigenvalue weighted by Crippen LogP contribution is 2.08. The molecule has 0 aliphatic heterocycles. The fraction of sp³-hybridized carbons (Fsp3) is 0.364. The van der Waals surface area contributed by atoms with Crippen LogP contribution >= 0.6 is 0 Å². The second-order valence-corrected chi connectivity index (χ2v) is 3.60. The number of carbonyl (C=O) groups excluding carboxylic acids is 1. The van der Waals surface area contributed by atoms with E-state index in [4.69, 9.17) is 5.73 Å². The maximum absolute atomic E-state index is 11.3. The number of anilines is 1. The molecule has 0 bridgehead atoms. The van der Waals surface area contributed by atoms with Gasteiger partial charge in [-0.25, -0.2) is 0 Å². The normalized spacial score (nSPS) is 12.2. The molecule has 0 aromatic heterocycles. The van der Waals surface area contributed by atoms with Crippen LogP contribution in [0.2, 0.25) is 0 Å². The molecule has 1 aromatic carbocycles. The Kier molecular flexibility index (Phi) is 3.65. The maximum atomic E-state index is 11.3. The lowest BCUT2D eigenvalue weighted by molar-refractivity contribution is -0.116. The first-order valence-electron chi connectivity index (χ1n) is 4.70. The zero-order valence-electron chi connectivity index (χ0n) is 8.58. The van der Waals surface area contributed by atoms with Gasteiger partial charge in [-0.2, -0.15) is 0 Å². The summed E-state index contributed by atoms with van der Waals surface area (Å²) in [6.07, 6.45) is 0.355. The van der Waals surface area contributed by atoms with E-state index >= 15 is 0 Å². The molecular formula is C11H16N2O. The summed E-state index contributed by atoms with van der Waals surface area (Å²) in [5.41, 5.74) is 7.51. The third-order valence-corrected chi connectivity index (χ3v) is 1.84. The minimum atomic E-state index is -0.0968. The third-order valence-electron chi connectivity index (χ3n) is 1.84. The van der Waals surface area contributed by atoms with Crippen molar-refractivity contribution in [3.05, 3.63) is 29.8 Å². The molecule has 14 heavy (non-hydrogen) atoms. The van der Waals surface area contributed by atoms with Gasteiger partial charge in [-0.3, -0.25) is 4.79 Å². The summed E-state index contributed by atoms with van der Waals surface area (Å²) >= 11 is 0. The van der Waals surface area contributed by atoms with Crippen molar-refractivity contribution in [2.45, 2.75) is 26.3 Å². The molecule has 0 fully saturated rings. The fourth-order valence-corrected chi connectivity index (χ4v) is 1.14. The highest BCUT2D eigenvalue weighted by atomic mass is 16.1. The number of benzene rings is 1. The molecule has 76 valence electrons. The number of amides is 1. The minimum Gasteiger partial charge on any atom is -0.327 e. The van der Waals surface area contributed by atoms with Crippen molar-refractivity contribution in [1.82, 2.24) is 0 Å². The summed E-state index contributed by atoms with van der Waals surface area (Å²) in [7, 11) is 0. The molecule has 0 aliphatic carbocycles. The molecule has 3 nitrogen and oxygen atoms in total. The van der Waals surface area contributed by atoms with Crippen molar-refractivity contribution in [2.75, 3.05) is 5.32 Å². The van der Waals surface area contributed by atoms with E-state index in [9.17, 15) is 4.79 Å². The molecule has 0 spiro atoms. The Bertz CT molecular complexity index is 304. The van der Waals surface area contributed by atoms with Crippen LogP contribution in [0.1, 0.15) is 18.9 Å². The van der Waals surface area contributed by atoms with Gasteiger partial charge >= 0.3 is 0 Å². The van der Waals surface area contributed by atoms with Gasteiger partial charge in [0, 0.05) is 18.2 Å². The molecule has 3 heteroatoms. The smallest absolute Gasteiger partial charge is 0.225 e. The van der Waals surface area contributed by atoms with Gasteiger partial charge in [0.25, 0.3) is 0 Å². The Hall–Kier alpha value is -1.35. The second kappa shape index (κ2) is 4.77. The highest BCUT2D eigenvalue weighted by molar-refractivity contribution is 5.91. The molecule has 0 saturated heterocycles. The molecule has 1 unspecified atom stereocenters. The van der Waals surface area contributed by atoms with E-state index < -0.39 is 0 Å². The lowest BCUT2D eigenvalue weighted by atomic mass is 10.2. The summed E-state index contributed by atoms with van der Waals surface area (Å²) in [4.78, 5) is 11.3. The second-order valence-electron chi connectivity index (χ2n) is 3.60. The zero-order valence-corrected chi connectivity index (χ0v) is 8.58. The Morgan fingerprint density at radius 3 is 2.50 bits per heavy atom. The van der Waals surface area contributed by atoms with E-state index in [-0.39, 0.29) is 11.9 Å². The van der Waals surface area contributed by atoms with Crippen molar-refractivity contribution in [3.8, 4) is 0 Å². The number of nitrogens with one attached hydrogen (secondary N) is 1. The standard InChI is InChI=1S/C11H16N2O/c1-8-3-5-10(6-4-8)13-11(14)7-9(2)12/h3-6,9H,7,12H2,1-2H3,(H,13,14). The first-order chi connectivity index (χ1) is 6.58. The van der Waals surface area contributed by atoms with Gasteiger partial charge < -0.3 is 11.1 Å². The summed E-state index contributed by atoms with van der Waals surface area (Å²) in [6, 6.07) is 7.59. The SMILES string of the molecule is Cc1ccc(NC(=O)CC(C)N)cc1. The number of hydrogen-bond acceptors (Lipinski definition) is 2. The maximum Gasteiger partial charge on any atom is 0.225 e. The molecule has 1 amide bonds.